The van der Waals surface area contributed by atoms with Crippen molar-refractivity contribution in [3.05, 3.63) is 70.9 Å². The number of halogens is 1. The summed E-state index contributed by atoms with van der Waals surface area (Å²) in [6, 6.07) is 17.2. The maximum atomic E-state index is 12.4. The molecule has 1 N–H and O–H groups in total. The zero-order valence-corrected chi connectivity index (χ0v) is 17.0. The molecule has 1 aliphatic rings. The first-order valence-electron chi connectivity index (χ1n) is 9.36. The first kappa shape index (κ1) is 20.6. The monoisotopic (exact) mass is 410 g/mol. The van der Waals surface area contributed by atoms with Crippen LogP contribution in [0.15, 0.2) is 60.3 Å². The normalized spacial score (nSPS) is 14.3. The Morgan fingerprint density at radius 1 is 1.21 bits per heavy atom. The number of ether oxygens (including phenoxy) is 1. The SMILES string of the molecule is COc1ccc(CNC(=O)/C(C#N)=C/N2CCN(c3cccc(Cl)c3)CC2)cc1. The molecule has 1 heterocycles. The van der Waals surface area contributed by atoms with Crippen molar-refractivity contribution in [2.45, 2.75) is 6.54 Å². The quantitative estimate of drug-likeness (QED) is 0.585. The number of nitrogens with zero attached hydrogens (tertiary/aromatic N) is 3. The maximum absolute atomic E-state index is 12.4. The molecule has 0 spiro atoms. The molecular weight excluding hydrogens is 388 g/mol. The summed E-state index contributed by atoms with van der Waals surface area (Å²) >= 11 is 6.07. The van der Waals surface area contributed by atoms with Gasteiger partial charge in [-0.15, -0.1) is 0 Å². The predicted octanol–water partition coefficient (Wildman–Crippen LogP) is 3.19. The van der Waals surface area contributed by atoms with Crippen LogP contribution >= 0.6 is 11.6 Å². The minimum absolute atomic E-state index is 0.106. The van der Waals surface area contributed by atoms with Crippen LogP contribution in [-0.2, 0) is 11.3 Å². The number of amides is 1. The number of methoxy groups -OCH3 is 1. The molecule has 0 atom stereocenters. The lowest BCUT2D eigenvalue weighted by Crippen LogP contribution is -2.44. The van der Waals surface area contributed by atoms with Gasteiger partial charge in [-0.2, -0.15) is 5.26 Å². The lowest BCUT2D eigenvalue weighted by molar-refractivity contribution is -0.117. The number of piperazine rings is 1. The van der Waals surface area contributed by atoms with Crippen LogP contribution in [-0.4, -0.2) is 44.1 Å². The summed E-state index contributed by atoms with van der Waals surface area (Å²) in [6.45, 7) is 3.39. The summed E-state index contributed by atoms with van der Waals surface area (Å²) in [5.74, 6) is 0.384. The molecule has 3 rings (SSSR count). The molecule has 0 aliphatic carbocycles. The van der Waals surface area contributed by atoms with Crippen LogP contribution < -0.4 is 15.0 Å². The van der Waals surface area contributed by atoms with E-state index in [2.05, 4.69) is 10.2 Å². The van der Waals surface area contributed by atoms with Gasteiger partial charge in [0.05, 0.1) is 7.11 Å². The van der Waals surface area contributed by atoms with E-state index in [-0.39, 0.29) is 11.5 Å². The average molecular weight is 411 g/mol. The number of carbonyl (C=O) groups excluding carboxylic acids is 1. The Morgan fingerprint density at radius 3 is 2.55 bits per heavy atom. The van der Waals surface area contributed by atoms with E-state index in [0.717, 1.165) is 43.2 Å². The van der Waals surface area contributed by atoms with Gasteiger partial charge in [-0.3, -0.25) is 4.79 Å². The fourth-order valence-corrected chi connectivity index (χ4v) is 3.31. The Morgan fingerprint density at radius 2 is 1.93 bits per heavy atom. The van der Waals surface area contributed by atoms with Gasteiger partial charge in [-0.05, 0) is 35.9 Å². The molecule has 1 saturated heterocycles. The highest BCUT2D eigenvalue weighted by Gasteiger charge is 2.17. The van der Waals surface area contributed by atoms with Gasteiger partial charge in [0, 0.05) is 49.6 Å². The van der Waals surface area contributed by atoms with E-state index < -0.39 is 0 Å². The molecule has 0 unspecified atom stereocenters. The van der Waals surface area contributed by atoms with Crippen LogP contribution in [0.5, 0.6) is 5.75 Å². The summed E-state index contributed by atoms with van der Waals surface area (Å²) in [4.78, 5) is 16.6. The molecule has 1 amide bonds. The largest absolute Gasteiger partial charge is 0.497 e. The number of nitriles is 1. The first-order valence-corrected chi connectivity index (χ1v) is 9.74. The van der Waals surface area contributed by atoms with Crippen molar-refractivity contribution in [3.63, 3.8) is 0 Å². The molecule has 0 aromatic heterocycles. The van der Waals surface area contributed by atoms with Crippen molar-refractivity contribution in [2.24, 2.45) is 0 Å². The van der Waals surface area contributed by atoms with E-state index in [1.807, 2.05) is 59.5 Å². The third kappa shape index (κ3) is 5.66. The third-order valence-electron chi connectivity index (χ3n) is 4.78. The molecular formula is C22H23ClN4O2. The van der Waals surface area contributed by atoms with Gasteiger partial charge in [-0.25, -0.2) is 0 Å². The number of nitrogens with one attached hydrogen (secondary N) is 1. The molecule has 0 bridgehead atoms. The number of anilines is 1. The lowest BCUT2D eigenvalue weighted by Gasteiger charge is -2.35. The van der Waals surface area contributed by atoms with Gasteiger partial charge < -0.3 is 19.9 Å². The van der Waals surface area contributed by atoms with Gasteiger partial charge in [0.25, 0.3) is 5.91 Å². The summed E-state index contributed by atoms with van der Waals surface area (Å²) in [5.41, 5.74) is 2.13. The number of benzene rings is 2. The van der Waals surface area contributed by atoms with Gasteiger partial charge in [0.1, 0.15) is 17.4 Å². The minimum atomic E-state index is -0.374. The van der Waals surface area contributed by atoms with Crippen LogP contribution in [0.4, 0.5) is 5.69 Å². The summed E-state index contributed by atoms with van der Waals surface area (Å²) in [5, 5.41) is 12.9. The molecule has 150 valence electrons. The van der Waals surface area contributed by atoms with Crippen molar-refractivity contribution in [1.29, 1.82) is 5.26 Å². The number of hydrogen-bond acceptors (Lipinski definition) is 5. The van der Waals surface area contributed by atoms with Gasteiger partial charge >= 0.3 is 0 Å². The molecule has 6 nitrogen and oxygen atoms in total. The Bertz CT molecular complexity index is 913. The summed E-state index contributed by atoms with van der Waals surface area (Å²) in [6.07, 6.45) is 1.65. The number of carbonyl (C=O) groups is 1. The molecule has 0 radical (unpaired) electrons. The Hall–Kier alpha value is -3.17. The van der Waals surface area contributed by atoms with Crippen molar-refractivity contribution in [1.82, 2.24) is 10.2 Å². The van der Waals surface area contributed by atoms with Crippen molar-refractivity contribution < 1.29 is 9.53 Å². The van der Waals surface area contributed by atoms with Crippen LogP contribution in [0.2, 0.25) is 5.02 Å². The summed E-state index contributed by atoms with van der Waals surface area (Å²) < 4.78 is 5.12. The number of hydrogen-bond donors (Lipinski definition) is 1. The fraction of sp³-hybridized carbons (Fsp3) is 0.273. The smallest absolute Gasteiger partial charge is 0.263 e. The lowest BCUT2D eigenvalue weighted by atomic mass is 10.2. The van der Waals surface area contributed by atoms with E-state index >= 15 is 0 Å². The summed E-state index contributed by atoms with van der Waals surface area (Å²) in [7, 11) is 1.61. The van der Waals surface area contributed by atoms with Gasteiger partial charge in [0.2, 0.25) is 0 Å². The highest BCUT2D eigenvalue weighted by atomic mass is 35.5. The van der Waals surface area contributed by atoms with Crippen LogP contribution in [0.1, 0.15) is 5.56 Å². The van der Waals surface area contributed by atoms with E-state index in [1.54, 1.807) is 13.3 Å². The number of rotatable bonds is 6. The van der Waals surface area contributed by atoms with Crippen LogP contribution in [0.3, 0.4) is 0 Å². The second-order valence-electron chi connectivity index (χ2n) is 6.69. The standard InChI is InChI=1S/C22H23ClN4O2/c1-29-21-7-5-17(6-8-21)15-25-22(28)18(14-24)16-26-9-11-27(12-10-26)20-4-2-3-19(23)13-20/h2-8,13,16H,9-12,15H2,1H3,(H,25,28)/b18-16+. The molecule has 7 heteroatoms. The van der Waals surface area contributed by atoms with Crippen LogP contribution in [0.25, 0.3) is 0 Å². The Labute approximate surface area is 175 Å². The van der Waals surface area contributed by atoms with E-state index in [1.165, 1.54) is 0 Å². The fourth-order valence-electron chi connectivity index (χ4n) is 3.12. The third-order valence-corrected chi connectivity index (χ3v) is 5.01. The zero-order chi connectivity index (χ0) is 20.6. The Kier molecular flexibility index (Phi) is 6.99. The molecule has 1 aliphatic heterocycles. The molecule has 2 aromatic carbocycles. The molecule has 1 fully saturated rings. The van der Waals surface area contributed by atoms with Gasteiger partial charge in [0.15, 0.2) is 0 Å². The van der Waals surface area contributed by atoms with Crippen LogP contribution in [0, 0.1) is 11.3 Å². The maximum Gasteiger partial charge on any atom is 0.263 e. The highest BCUT2D eigenvalue weighted by molar-refractivity contribution is 6.30. The van der Waals surface area contributed by atoms with E-state index in [4.69, 9.17) is 16.3 Å². The molecule has 0 saturated carbocycles. The average Bonchev–Trinajstić information content (AvgIpc) is 2.76. The first-order chi connectivity index (χ1) is 14.1. The molecule has 2 aromatic rings. The second kappa shape index (κ2) is 9.85. The minimum Gasteiger partial charge on any atom is -0.497 e. The van der Waals surface area contributed by atoms with Crippen molar-refractivity contribution in [3.8, 4) is 11.8 Å². The topological polar surface area (TPSA) is 68.6 Å². The van der Waals surface area contributed by atoms with E-state index in [0.29, 0.717) is 11.6 Å². The zero-order valence-electron chi connectivity index (χ0n) is 16.3. The van der Waals surface area contributed by atoms with Crippen molar-refractivity contribution in [2.75, 3.05) is 38.2 Å². The highest BCUT2D eigenvalue weighted by Crippen LogP contribution is 2.21. The van der Waals surface area contributed by atoms with E-state index in [9.17, 15) is 10.1 Å². The Balaban J connectivity index is 1.54. The van der Waals surface area contributed by atoms with Crippen molar-refractivity contribution >= 4 is 23.2 Å². The second-order valence-corrected chi connectivity index (χ2v) is 7.12. The predicted molar refractivity (Wildman–Crippen MR) is 114 cm³/mol. The molecule has 29 heavy (non-hydrogen) atoms. The van der Waals surface area contributed by atoms with Gasteiger partial charge in [-0.1, -0.05) is 29.8 Å².